The standard InChI is InChI=1S/C12H21NO4/c14-9-12(3-6-16-7-4-12)8-13-11(15)10-2-1-5-17-10/h10,14H,1-9H2,(H,13,15). The maximum Gasteiger partial charge on any atom is 0.249 e. The molecule has 2 fully saturated rings. The van der Waals surface area contributed by atoms with Gasteiger partial charge in [0.15, 0.2) is 0 Å². The first-order valence-corrected chi connectivity index (χ1v) is 6.34. The highest BCUT2D eigenvalue weighted by molar-refractivity contribution is 5.80. The fraction of sp³-hybridized carbons (Fsp3) is 0.917. The summed E-state index contributed by atoms with van der Waals surface area (Å²) in [5.74, 6) is -0.0400. The highest BCUT2D eigenvalue weighted by Crippen LogP contribution is 2.29. The Balaban J connectivity index is 1.80. The first kappa shape index (κ1) is 12.8. The van der Waals surface area contributed by atoms with Crippen molar-refractivity contribution in [2.24, 2.45) is 5.41 Å². The van der Waals surface area contributed by atoms with Gasteiger partial charge in [-0.2, -0.15) is 0 Å². The molecular formula is C12H21NO4. The van der Waals surface area contributed by atoms with E-state index in [1.54, 1.807) is 0 Å². The number of aliphatic hydroxyl groups is 1. The molecule has 1 unspecified atom stereocenters. The minimum absolute atomic E-state index is 0.0400. The van der Waals surface area contributed by atoms with E-state index in [1.165, 1.54) is 0 Å². The average molecular weight is 243 g/mol. The van der Waals surface area contributed by atoms with Crippen LogP contribution in [0.15, 0.2) is 0 Å². The van der Waals surface area contributed by atoms with Crippen LogP contribution < -0.4 is 5.32 Å². The summed E-state index contributed by atoms with van der Waals surface area (Å²) in [7, 11) is 0. The molecule has 0 bridgehead atoms. The molecule has 2 saturated heterocycles. The largest absolute Gasteiger partial charge is 0.396 e. The molecule has 0 spiro atoms. The molecule has 0 aromatic carbocycles. The Labute approximate surface area is 101 Å². The van der Waals surface area contributed by atoms with Gasteiger partial charge in [-0.05, 0) is 25.7 Å². The number of rotatable bonds is 4. The van der Waals surface area contributed by atoms with Gasteiger partial charge in [-0.3, -0.25) is 4.79 Å². The lowest BCUT2D eigenvalue weighted by Gasteiger charge is -2.35. The van der Waals surface area contributed by atoms with E-state index in [0.29, 0.717) is 26.4 Å². The van der Waals surface area contributed by atoms with Crippen LogP contribution in [0.25, 0.3) is 0 Å². The third kappa shape index (κ3) is 3.18. The molecule has 2 aliphatic heterocycles. The van der Waals surface area contributed by atoms with Gasteiger partial charge in [0.2, 0.25) is 5.91 Å². The van der Waals surface area contributed by atoms with Crippen molar-refractivity contribution in [1.82, 2.24) is 5.32 Å². The topological polar surface area (TPSA) is 67.8 Å². The summed E-state index contributed by atoms with van der Waals surface area (Å²) in [5.41, 5.74) is -0.202. The van der Waals surface area contributed by atoms with E-state index in [4.69, 9.17) is 9.47 Å². The first-order valence-electron chi connectivity index (χ1n) is 6.34. The Bertz CT molecular complexity index is 257. The third-order valence-electron chi connectivity index (χ3n) is 3.75. The normalized spacial score (nSPS) is 27.9. The summed E-state index contributed by atoms with van der Waals surface area (Å²) in [4.78, 5) is 11.8. The van der Waals surface area contributed by atoms with E-state index in [0.717, 1.165) is 25.7 Å². The average Bonchev–Trinajstić information content (AvgIpc) is 2.91. The number of nitrogens with one attached hydrogen (secondary N) is 1. The Hall–Kier alpha value is -0.650. The highest BCUT2D eigenvalue weighted by Gasteiger charge is 2.33. The van der Waals surface area contributed by atoms with Crippen molar-refractivity contribution in [3.05, 3.63) is 0 Å². The Kier molecular flexibility index (Phi) is 4.36. The fourth-order valence-corrected chi connectivity index (χ4v) is 2.37. The van der Waals surface area contributed by atoms with E-state index in [9.17, 15) is 9.90 Å². The van der Waals surface area contributed by atoms with E-state index < -0.39 is 0 Å². The van der Waals surface area contributed by atoms with Crippen LogP contribution in [0, 0.1) is 5.41 Å². The number of carbonyl (C=O) groups excluding carboxylic acids is 1. The summed E-state index contributed by atoms with van der Waals surface area (Å²) in [6.45, 7) is 2.62. The molecule has 17 heavy (non-hydrogen) atoms. The maximum absolute atomic E-state index is 11.8. The van der Waals surface area contributed by atoms with E-state index in [1.807, 2.05) is 0 Å². The lowest BCUT2D eigenvalue weighted by molar-refractivity contribution is -0.131. The zero-order valence-electron chi connectivity index (χ0n) is 10.1. The predicted octanol–water partition coefficient (Wildman–Crippen LogP) is 0.0707. The number of carbonyl (C=O) groups is 1. The van der Waals surface area contributed by atoms with Crippen LogP contribution in [0.2, 0.25) is 0 Å². The molecule has 0 aromatic heterocycles. The third-order valence-corrected chi connectivity index (χ3v) is 3.75. The fourth-order valence-electron chi connectivity index (χ4n) is 2.37. The number of hydrogen-bond donors (Lipinski definition) is 2. The summed E-state index contributed by atoms with van der Waals surface area (Å²) in [6, 6.07) is 0. The van der Waals surface area contributed by atoms with E-state index in [2.05, 4.69) is 5.32 Å². The highest BCUT2D eigenvalue weighted by atomic mass is 16.5. The molecule has 0 radical (unpaired) electrons. The van der Waals surface area contributed by atoms with Crippen molar-refractivity contribution in [2.75, 3.05) is 33.0 Å². The number of hydrogen-bond acceptors (Lipinski definition) is 4. The zero-order valence-corrected chi connectivity index (χ0v) is 10.1. The Morgan fingerprint density at radius 1 is 1.35 bits per heavy atom. The second-order valence-electron chi connectivity index (χ2n) is 4.99. The molecule has 5 heteroatoms. The van der Waals surface area contributed by atoms with Crippen molar-refractivity contribution in [3.63, 3.8) is 0 Å². The quantitative estimate of drug-likeness (QED) is 0.733. The van der Waals surface area contributed by atoms with Crippen molar-refractivity contribution < 1.29 is 19.4 Å². The van der Waals surface area contributed by atoms with E-state index in [-0.39, 0.29) is 24.0 Å². The molecule has 2 heterocycles. The minimum atomic E-state index is -0.286. The molecule has 98 valence electrons. The Morgan fingerprint density at radius 3 is 2.71 bits per heavy atom. The molecular weight excluding hydrogens is 222 g/mol. The van der Waals surface area contributed by atoms with Gasteiger partial charge in [-0.15, -0.1) is 0 Å². The SMILES string of the molecule is O=C(NCC1(CO)CCOCC1)C1CCCO1. The van der Waals surface area contributed by atoms with Crippen LogP contribution in [0.3, 0.4) is 0 Å². The molecule has 2 rings (SSSR count). The summed E-state index contributed by atoms with van der Waals surface area (Å²) < 4.78 is 10.6. The van der Waals surface area contributed by atoms with Crippen LogP contribution in [0.1, 0.15) is 25.7 Å². The predicted molar refractivity (Wildman–Crippen MR) is 61.6 cm³/mol. The van der Waals surface area contributed by atoms with Crippen LogP contribution in [0.4, 0.5) is 0 Å². The second-order valence-corrected chi connectivity index (χ2v) is 4.99. The molecule has 2 aliphatic rings. The minimum Gasteiger partial charge on any atom is -0.396 e. The Morgan fingerprint density at radius 2 is 2.12 bits per heavy atom. The summed E-state index contributed by atoms with van der Waals surface area (Å²) in [5, 5.41) is 12.4. The number of ether oxygens (including phenoxy) is 2. The van der Waals surface area contributed by atoms with Gasteiger partial charge < -0.3 is 19.9 Å². The summed E-state index contributed by atoms with van der Waals surface area (Å²) >= 11 is 0. The molecule has 1 atom stereocenters. The second kappa shape index (κ2) is 5.80. The van der Waals surface area contributed by atoms with Crippen molar-refractivity contribution in [1.29, 1.82) is 0 Å². The van der Waals surface area contributed by atoms with Gasteiger partial charge in [-0.1, -0.05) is 0 Å². The van der Waals surface area contributed by atoms with Crippen LogP contribution in [-0.2, 0) is 14.3 Å². The molecule has 0 aliphatic carbocycles. The van der Waals surface area contributed by atoms with Gasteiger partial charge in [0.05, 0.1) is 6.61 Å². The van der Waals surface area contributed by atoms with Crippen molar-refractivity contribution >= 4 is 5.91 Å². The van der Waals surface area contributed by atoms with Gasteiger partial charge >= 0.3 is 0 Å². The molecule has 0 aromatic rings. The zero-order chi connectivity index (χ0) is 12.1. The van der Waals surface area contributed by atoms with Crippen LogP contribution in [-0.4, -0.2) is 50.1 Å². The van der Waals surface area contributed by atoms with Gasteiger partial charge in [0.25, 0.3) is 0 Å². The van der Waals surface area contributed by atoms with Gasteiger partial charge in [0, 0.05) is 31.8 Å². The van der Waals surface area contributed by atoms with Crippen LogP contribution in [0.5, 0.6) is 0 Å². The van der Waals surface area contributed by atoms with Crippen molar-refractivity contribution in [2.45, 2.75) is 31.8 Å². The van der Waals surface area contributed by atoms with E-state index >= 15 is 0 Å². The molecule has 5 nitrogen and oxygen atoms in total. The monoisotopic (exact) mass is 243 g/mol. The molecule has 2 N–H and O–H groups in total. The number of amides is 1. The van der Waals surface area contributed by atoms with Gasteiger partial charge in [0.1, 0.15) is 6.10 Å². The van der Waals surface area contributed by atoms with Crippen molar-refractivity contribution in [3.8, 4) is 0 Å². The lowest BCUT2D eigenvalue weighted by atomic mass is 9.81. The van der Waals surface area contributed by atoms with Crippen LogP contribution >= 0.6 is 0 Å². The molecule has 1 amide bonds. The lowest BCUT2D eigenvalue weighted by Crippen LogP contribution is -2.46. The molecule has 0 saturated carbocycles. The maximum atomic E-state index is 11.8. The smallest absolute Gasteiger partial charge is 0.249 e. The summed E-state index contributed by atoms with van der Waals surface area (Å²) in [6.07, 6.45) is 3.08. The first-order chi connectivity index (χ1) is 8.26. The number of aliphatic hydroxyl groups excluding tert-OH is 1. The van der Waals surface area contributed by atoms with Gasteiger partial charge in [-0.25, -0.2) is 0 Å².